The average molecular weight is 280 g/mol. The Morgan fingerprint density at radius 1 is 1.10 bits per heavy atom. The number of hydrogen-bond acceptors (Lipinski definition) is 2. The van der Waals surface area contributed by atoms with Gasteiger partial charge in [-0.25, -0.2) is 0 Å². The van der Waals surface area contributed by atoms with Gasteiger partial charge in [-0.05, 0) is 57.4 Å². The van der Waals surface area contributed by atoms with E-state index in [1.165, 1.54) is 44.9 Å². The van der Waals surface area contributed by atoms with E-state index in [-0.39, 0.29) is 0 Å². The van der Waals surface area contributed by atoms with Crippen LogP contribution in [0.25, 0.3) is 0 Å². The molecule has 3 heteroatoms. The molecule has 2 saturated carbocycles. The van der Waals surface area contributed by atoms with E-state index in [2.05, 4.69) is 11.8 Å². The molecule has 0 aromatic rings. The van der Waals surface area contributed by atoms with Gasteiger partial charge in [0, 0.05) is 18.5 Å². The number of nitrogens with zero attached hydrogens (tertiary/aromatic N) is 1. The molecule has 20 heavy (non-hydrogen) atoms. The normalized spacial score (nSPS) is 26.5. The van der Waals surface area contributed by atoms with E-state index in [9.17, 15) is 4.79 Å². The molecule has 0 aliphatic heterocycles. The number of carbonyl (C=O) groups excluding carboxylic acids is 1. The Kier molecular flexibility index (Phi) is 6.34. The minimum absolute atomic E-state index is 0.311. The summed E-state index contributed by atoms with van der Waals surface area (Å²) in [7, 11) is 0. The summed E-state index contributed by atoms with van der Waals surface area (Å²) >= 11 is 0. The van der Waals surface area contributed by atoms with Crippen LogP contribution in [0.4, 0.5) is 0 Å². The van der Waals surface area contributed by atoms with Crippen LogP contribution in [-0.2, 0) is 4.79 Å². The topological polar surface area (TPSA) is 46.3 Å². The van der Waals surface area contributed by atoms with Crippen molar-refractivity contribution in [3.63, 3.8) is 0 Å². The fourth-order valence-corrected chi connectivity index (χ4v) is 3.55. The molecule has 2 N–H and O–H groups in total. The molecule has 0 aromatic carbocycles. The van der Waals surface area contributed by atoms with Gasteiger partial charge < -0.3 is 10.6 Å². The highest BCUT2D eigenvalue weighted by atomic mass is 16.2. The maximum atomic E-state index is 12.7. The molecule has 2 fully saturated rings. The van der Waals surface area contributed by atoms with Crippen molar-refractivity contribution in [2.45, 2.75) is 77.2 Å². The Morgan fingerprint density at radius 2 is 1.80 bits per heavy atom. The third-order valence-electron chi connectivity index (χ3n) is 5.04. The van der Waals surface area contributed by atoms with Gasteiger partial charge in [0.05, 0.1) is 0 Å². The second kappa shape index (κ2) is 8.02. The fourth-order valence-electron chi connectivity index (χ4n) is 3.55. The van der Waals surface area contributed by atoms with E-state index < -0.39 is 0 Å². The third-order valence-corrected chi connectivity index (χ3v) is 5.04. The van der Waals surface area contributed by atoms with Crippen molar-refractivity contribution in [1.29, 1.82) is 0 Å². The molecule has 1 amide bonds. The highest BCUT2D eigenvalue weighted by molar-refractivity contribution is 5.79. The number of unbranched alkanes of at least 4 members (excludes halogenated alkanes) is 1. The SMILES string of the molecule is CCCCC1CCC(C(=O)N(CCCN)C2CC2)CC1. The summed E-state index contributed by atoms with van der Waals surface area (Å²) in [5.41, 5.74) is 5.60. The molecule has 3 nitrogen and oxygen atoms in total. The number of carbonyl (C=O) groups is 1. The predicted octanol–water partition coefficient (Wildman–Crippen LogP) is 3.32. The second-order valence-electron chi connectivity index (χ2n) is 6.76. The first kappa shape index (κ1) is 15.8. The van der Waals surface area contributed by atoms with Gasteiger partial charge in [-0.2, -0.15) is 0 Å². The smallest absolute Gasteiger partial charge is 0.225 e. The van der Waals surface area contributed by atoms with Crippen molar-refractivity contribution >= 4 is 5.91 Å². The zero-order chi connectivity index (χ0) is 14.4. The maximum absolute atomic E-state index is 12.7. The highest BCUT2D eigenvalue weighted by Crippen LogP contribution is 2.35. The largest absolute Gasteiger partial charge is 0.339 e. The fraction of sp³-hybridized carbons (Fsp3) is 0.941. The lowest BCUT2D eigenvalue weighted by Crippen LogP contribution is -2.40. The van der Waals surface area contributed by atoms with Gasteiger partial charge in [-0.15, -0.1) is 0 Å². The number of nitrogens with two attached hydrogens (primary N) is 1. The molecular formula is C17H32N2O. The van der Waals surface area contributed by atoms with E-state index in [0.29, 0.717) is 24.4 Å². The van der Waals surface area contributed by atoms with Crippen LogP contribution in [0.2, 0.25) is 0 Å². The van der Waals surface area contributed by atoms with Crippen LogP contribution in [-0.4, -0.2) is 29.9 Å². The summed E-state index contributed by atoms with van der Waals surface area (Å²) in [6.45, 7) is 3.84. The first-order valence-corrected chi connectivity index (χ1v) is 8.76. The van der Waals surface area contributed by atoms with Crippen LogP contribution >= 0.6 is 0 Å². The lowest BCUT2D eigenvalue weighted by molar-refractivity contribution is -0.137. The Balaban J connectivity index is 1.77. The summed E-state index contributed by atoms with van der Waals surface area (Å²) in [5, 5.41) is 0. The van der Waals surface area contributed by atoms with E-state index in [1.54, 1.807) is 0 Å². The highest BCUT2D eigenvalue weighted by Gasteiger charge is 2.36. The number of hydrogen-bond donors (Lipinski definition) is 1. The molecular weight excluding hydrogens is 248 g/mol. The van der Waals surface area contributed by atoms with Crippen molar-refractivity contribution in [3.05, 3.63) is 0 Å². The molecule has 0 heterocycles. The predicted molar refractivity (Wildman–Crippen MR) is 83.4 cm³/mol. The van der Waals surface area contributed by atoms with Gasteiger partial charge >= 0.3 is 0 Å². The molecule has 116 valence electrons. The van der Waals surface area contributed by atoms with Crippen molar-refractivity contribution in [2.24, 2.45) is 17.6 Å². The number of rotatable bonds is 8. The van der Waals surface area contributed by atoms with Crippen LogP contribution in [0.3, 0.4) is 0 Å². The van der Waals surface area contributed by atoms with E-state index in [1.807, 2.05) is 0 Å². The van der Waals surface area contributed by atoms with Crippen LogP contribution in [0.1, 0.15) is 71.1 Å². The summed E-state index contributed by atoms with van der Waals surface area (Å²) < 4.78 is 0. The summed E-state index contributed by atoms with van der Waals surface area (Å²) in [5.74, 6) is 1.64. The molecule has 0 radical (unpaired) electrons. The third kappa shape index (κ3) is 4.47. The monoisotopic (exact) mass is 280 g/mol. The first-order valence-electron chi connectivity index (χ1n) is 8.76. The van der Waals surface area contributed by atoms with Crippen LogP contribution in [0, 0.1) is 11.8 Å². The van der Waals surface area contributed by atoms with Crippen LogP contribution in [0.15, 0.2) is 0 Å². The number of amides is 1. The van der Waals surface area contributed by atoms with Gasteiger partial charge in [0.1, 0.15) is 0 Å². The maximum Gasteiger partial charge on any atom is 0.225 e. The molecule has 0 spiro atoms. The molecule has 0 unspecified atom stereocenters. The first-order chi connectivity index (χ1) is 9.76. The molecule has 0 saturated heterocycles. The molecule has 2 aliphatic carbocycles. The van der Waals surface area contributed by atoms with Gasteiger partial charge in [-0.1, -0.05) is 26.2 Å². The van der Waals surface area contributed by atoms with Gasteiger partial charge in [0.15, 0.2) is 0 Å². The minimum atomic E-state index is 0.311. The summed E-state index contributed by atoms with van der Waals surface area (Å²) in [6, 6.07) is 0.548. The van der Waals surface area contributed by atoms with Gasteiger partial charge in [-0.3, -0.25) is 4.79 Å². The van der Waals surface area contributed by atoms with Crippen molar-refractivity contribution < 1.29 is 4.79 Å². The van der Waals surface area contributed by atoms with Crippen molar-refractivity contribution in [1.82, 2.24) is 4.90 Å². The standard InChI is InChI=1S/C17H32N2O/c1-2-3-5-14-6-8-15(9-7-14)17(20)19(13-4-12-18)16-10-11-16/h14-16H,2-13,18H2,1H3. The Hall–Kier alpha value is -0.570. The Labute approximate surface area is 124 Å². The molecule has 2 rings (SSSR count). The molecule has 0 atom stereocenters. The van der Waals surface area contributed by atoms with Crippen LogP contribution < -0.4 is 5.73 Å². The molecule has 2 aliphatic rings. The zero-order valence-electron chi connectivity index (χ0n) is 13.2. The van der Waals surface area contributed by atoms with Crippen molar-refractivity contribution in [2.75, 3.05) is 13.1 Å². The van der Waals surface area contributed by atoms with E-state index in [4.69, 9.17) is 5.73 Å². The Morgan fingerprint density at radius 3 is 2.35 bits per heavy atom. The zero-order valence-corrected chi connectivity index (χ0v) is 13.2. The molecule has 0 bridgehead atoms. The molecule has 0 aromatic heterocycles. The quantitative estimate of drug-likeness (QED) is 0.741. The lowest BCUT2D eigenvalue weighted by atomic mass is 9.79. The van der Waals surface area contributed by atoms with E-state index >= 15 is 0 Å². The minimum Gasteiger partial charge on any atom is -0.339 e. The Bertz CT molecular complexity index is 293. The van der Waals surface area contributed by atoms with Gasteiger partial charge in [0.2, 0.25) is 5.91 Å². The van der Waals surface area contributed by atoms with Gasteiger partial charge in [0.25, 0.3) is 0 Å². The average Bonchev–Trinajstić information content (AvgIpc) is 3.30. The lowest BCUT2D eigenvalue weighted by Gasteiger charge is -2.32. The van der Waals surface area contributed by atoms with Crippen LogP contribution in [0.5, 0.6) is 0 Å². The van der Waals surface area contributed by atoms with E-state index in [0.717, 1.165) is 31.7 Å². The summed E-state index contributed by atoms with van der Waals surface area (Å²) in [4.78, 5) is 14.8. The van der Waals surface area contributed by atoms with Crippen molar-refractivity contribution in [3.8, 4) is 0 Å². The summed E-state index contributed by atoms with van der Waals surface area (Å²) in [6.07, 6.45) is 12.2. The second-order valence-corrected chi connectivity index (χ2v) is 6.76.